The molecule has 1 atom stereocenters. The summed E-state index contributed by atoms with van der Waals surface area (Å²) >= 11 is 0. The summed E-state index contributed by atoms with van der Waals surface area (Å²) in [5.74, 6) is 0. The van der Waals surface area contributed by atoms with E-state index in [2.05, 4.69) is 10.1 Å². The van der Waals surface area contributed by atoms with Gasteiger partial charge in [-0.05, 0) is 5.56 Å². The van der Waals surface area contributed by atoms with E-state index >= 15 is 0 Å². The molecule has 0 spiro atoms. The second-order valence-corrected chi connectivity index (χ2v) is 3.36. The van der Waals surface area contributed by atoms with Crippen LogP contribution in [0.25, 0.3) is 0 Å². The van der Waals surface area contributed by atoms with Crippen molar-refractivity contribution in [1.82, 2.24) is 5.32 Å². The van der Waals surface area contributed by atoms with E-state index in [1.807, 2.05) is 30.3 Å². The first kappa shape index (κ1) is 13.5. The van der Waals surface area contributed by atoms with Crippen molar-refractivity contribution in [3.63, 3.8) is 0 Å². The molecule has 1 N–H and O–H groups in total. The van der Waals surface area contributed by atoms with E-state index in [1.165, 1.54) is 14.2 Å². The maximum Gasteiger partial charge on any atom is 0.408 e. The third-order valence-corrected chi connectivity index (χ3v) is 2.13. The Morgan fingerprint density at radius 1 is 1.29 bits per heavy atom. The summed E-state index contributed by atoms with van der Waals surface area (Å²) in [5, 5.41) is 2.49. The van der Waals surface area contributed by atoms with Gasteiger partial charge < -0.3 is 14.2 Å². The Bertz CT molecular complexity index is 329. The first-order chi connectivity index (χ1) is 8.26. The van der Waals surface area contributed by atoms with Gasteiger partial charge in [-0.2, -0.15) is 0 Å². The smallest absolute Gasteiger partial charge is 0.408 e. The quantitative estimate of drug-likeness (QED) is 0.765. The molecule has 0 saturated heterocycles. The predicted molar refractivity (Wildman–Crippen MR) is 62.4 cm³/mol. The molecule has 0 bridgehead atoms. The van der Waals surface area contributed by atoms with Crippen LogP contribution in [0.1, 0.15) is 5.56 Å². The number of amides is 1. The number of carbonyl (C=O) groups excluding carboxylic acids is 1. The minimum Gasteiger partial charge on any atom is -0.453 e. The van der Waals surface area contributed by atoms with Crippen LogP contribution in [0.2, 0.25) is 0 Å². The van der Waals surface area contributed by atoms with Crippen LogP contribution in [0.5, 0.6) is 0 Å². The van der Waals surface area contributed by atoms with Crippen molar-refractivity contribution >= 4 is 6.09 Å². The fraction of sp³-hybridized carbons (Fsp3) is 0.417. The molecule has 0 saturated carbocycles. The van der Waals surface area contributed by atoms with Crippen molar-refractivity contribution in [2.24, 2.45) is 0 Å². The Kier molecular flexibility index (Phi) is 6.06. The lowest BCUT2D eigenvalue weighted by atomic mass is 10.2. The zero-order valence-electron chi connectivity index (χ0n) is 10.0. The van der Waals surface area contributed by atoms with Crippen LogP contribution >= 0.6 is 0 Å². The lowest BCUT2D eigenvalue weighted by Gasteiger charge is -2.16. The number of methoxy groups -OCH3 is 2. The molecule has 1 rings (SSSR count). The molecule has 0 aromatic heterocycles. The first-order valence-corrected chi connectivity index (χ1v) is 5.25. The normalized spacial score (nSPS) is 11.9. The van der Waals surface area contributed by atoms with Crippen LogP contribution < -0.4 is 5.32 Å². The topological polar surface area (TPSA) is 56.8 Å². The highest BCUT2D eigenvalue weighted by molar-refractivity contribution is 5.67. The molecule has 1 aromatic carbocycles. The minimum atomic E-state index is -0.542. The van der Waals surface area contributed by atoms with Crippen molar-refractivity contribution in [2.75, 3.05) is 20.8 Å². The summed E-state index contributed by atoms with van der Waals surface area (Å²) in [6.07, 6.45) is -1.05. The van der Waals surface area contributed by atoms with E-state index in [0.717, 1.165) is 5.56 Å². The van der Waals surface area contributed by atoms with Gasteiger partial charge in [-0.25, -0.2) is 4.79 Å². The van der Waals surface area contributed by atoms with Crippen LogP contribution in [-0.2, 0) is 20.8 Å². The molecule has 0 heterocycles. The largest absolute Gasteiger partial charge is 0.453 e. The van der Waals surface area contributed by atoms with Gasteiger partial charge in [0.1, 0.15) is 0 Å². The van der Waals surface area contributed by atoms with Crippen LogP contribution in [0.4, 0.5) is 4.79 Å². The maximum atomic E-state index is 10.9. The van der Waals surface area contributed by atoms with Crippen LogP contribution in [0, 0.1) is 0 Å². The van der Waals surface area contributed by atoms with Crippen molar-refractivity contribution < 1.29 is 19.0 Å². The highest BCUT2D eigenvalue weighted by Crippen LogP contribution is 2.01. The van der Waals surface area contributed by atoms with E-state index in [-0.39, 0.29) is 6.61 Å². The number of hydrogen-bond acceptors (Lipinski definition) is 4. The van der Waals surface area contributed by atoms with Gasteiger partial charge in [0.2, 0.25) is 0 Å². The Hall–Kier alpha value is -1.59. The zero-order valence-corrected chi connectivity index (χ0v) is 10.0. The third-order valence-electron chi connectivity index (χ3n) is 2.13. The molecule has 5 nitrogen and oxygen atoms in total. The molecule has 0 radical (unpaired) electrons. The standard InChI is InChI=1S/C12H17NO4/c1-15-11(13-12(14)16-2)9-17-8-10-6-4-3-5-7-10/h3-7,11H,8-9H2,1-2H3,(H,13,14). The molecule has 94 valence electrons. The van der Waals surface area contributed by atoms with Gasteiger partial charge in [0.25, 0.3) is 0 Å². The van der Waals surface area contributed by atoms with E-state index in [0.29, 0.717) is 6.61 Å². The second kappa shape index (κ2) is 7.65. The Balaban J connectivity index is 2.26. The number of carbonyl (C=O) groups is 1. The second-order valence-electron chi connectivity index (χ2n) is 3.36. The van der Waals surface area contributed by atoms with E-state index in [1.54, 1.807) is 0 Å². The van der Waals surface area contributed by atoms with E-state index in [9.17, 15) is 4.79 Å². The molecular formula is C12H17NO4. The van der Waals surface area contributed by atoms with E-state index in [4.69, 9.17) is 9.47 Å². The Labute approximate surface area is 101 Å². The summed E-state index contributed by atoms with van der Waals surface area (Å²) < 4.78 is 14.9. The average Bonchev–Trinajstić information content (AvgIpc) is 2.38. The van der Waals surface area contributed by atoms with Gasteiger partial charge >= 0.3 is 6.09 Å². The van der Waals surface area contributed by atoms with Crippen LogP contribution in [-0.4, -0.2) is 33.1 Å². The monoisotopic (exact) mass is 239 g/mol. The molecule has 5 heteroatoms. The summed E-state index contributed by atoms with van der Waals surface area (Å²) in [7, 11) is 2.79. The molecule has 0 aliphatic heterocycles. The van der Waals surface area contributed by atoms with Gasteiger partial charge in [-0.3, -0.25) is 5.32 Å². The van der Waals surface area contributed by atoms with Gasteiger partial charge in [0, 0.05) is 7.11 Å². The van der Waals surface area contributed by atoms with Gasteiger partial charge in [-0.15, -0.1) is 0 Å². The molecule has 0 fully saturated rings. The number of rotatable bonds is 6. The SMILES string of the molecule is COC(=O)NC(COCc1ccccc1)OC. The van der Waals surface area contributed by atoms with Crippen LogP contribution in [0.15, 0.2) is 30.3 Å². The van der Waals surface area contributed by atoms with Crippen molar-refractivity contribution in [1.29, 1.82) is 0 Å². The highest BCUT2D eigenvalue weighted by Gasteiger charge is 2.10. The molecule has 1 amide bonds. The number of benzene rings is 1. The third kappa shape index (κ3) is 5.33. The number of nitrogens with one attached hydrogen (secondary N) is 1. The summed E-state index contributed by atoms with van der Waals surface area (Å²) in [6, 6.07) is 9.77. The number of ether oxygens (including phenoxy) is 3. The molecular weight excluding hydrogens is 222 g/mol. The molecule has 0 aliphatic rings. The Morgan fingerprint density at radius 3 is 2.59 bits per heavy atom. The molecule has 0 aliphatic carbocycles. The first-order valence-electron chi connectivity index (χ1n) is 5.25. The van der Waals surface area contributed by atoms with Gasteiger partial charge in [0.15, 0.2) is 6.23 Å². The van der Waals surface area contributed by atoms with Crippen molar-refractivity contribution in [3.05, 3.63) is 35.9 Å². The molecule has 17 heavy (non-hydrogen) atoms. The molecule has 1 unspecified atom stereocenters. The molecule has 1 aromatic rings. The maximum absolute atomic E-state index is 10.9. The van der Waals surface area contributed by atoms with Crippen molar-refractivity contribution in [3.8, 4) is 0 Å². The number of hydrogen-bond donors (Lipinski definition) is 1. The predicted octanol–water partition coefficient (Wildman–Crippen LogP) is 1.53. The van der Waals surface area contributed by atoms with Crippen LogP contribution in [0.3, 0.4) is 0 Å². The van der Waals surface area contributed by atoms with Gasteiger partial charge in [0.05, 0.1) is 20.3 Å². The highest BCUT2D eigenvalue weighted by atomic mass is 16.6. The lowest BCUT2D eigenvalue weighted by Crippen LogP contribution is -2.39. The van der Waals surface area contributed by atoms with Crippen molar-refractivity contribution in [2.45, 2.75) is 12.8 Å². The average molecular weight is 239 g/mol. The summed E-state index contributed by atoms with van der Waals surface area (Å²) in [4.78, 5) is 10.9. The minimum absolute atomic E-state index is 0.264. The number of alkyl carbamates (subject to hydrolysis) is 1. The fourth-order valence-electron chi connectivity index (χ4n) is 1.22. The fourth-order valence-corrected chi connectivity index (χ4v) is 1.22. The summed E-state index contributed by atoms with van der Waals surface area (Å²) in [6.45, 7) is 0.740. The Morgan fingerprint density at radius 2 is 2.00 bits per heavy atom. The van der Waals surface area contributed by atoms with Gasteiger partial charge in [-0.1, -0.05) is 30.3 Å². The summed E-state index contributed by atoms with van der Waals surface area (Å²) in [5.41, 5.74) is 1.07. The lowest BCUT2D eigenvalue weighted by molar-refractivity contribution is -0.0138. The van der Waals surface area contributed by atoms with E-state index < -0.39 is 12.3 Å². The zero-order chi connectivity index (χ0) is 12.5.